The summed E-state index contributed by atoms with van der Waals surface area (Å²) in [6.45, 7) is 5.24. The van der Waals surface area contributed by atoms with Crippen molar-refractivity contribution in [2.75, 3.05) is 7.05 Å². The highest BCUT2D eigenvalue weighted by Crippen LogP contribution is 1.73. The summed E-state index contributed by atoms with van der Waals surface area (Å²) in [6, 6.07) is 0. The number of hydrogen-bond acceptors (Lipinski definition) is 1. The molecule has 42 valence electrons. The number of allylic oxidation sites excluding steroid dienone is 1. The van der Waals surface area contributed by atoms with Crippen molar-refractivity contribution >= 4 is 5.71 Å². The Labute approximate surface area is 49.8 Å². The first-order valence-electron chi connectivity index (χ1n) is 2.35. The van der Waals surface area contributed by atoms with Crippen LogP contribution in [-0.4, -0.2) is 12.8 Å². The molecule has 0 rings (SSSR count). The minimum Gasteiger partial charge on any atom is -0.293 e. The van der Waals surface area contributed by atoms with Crippen LogP contribution in [0.5, 0.6) is 0 Å². The summed E-state index contributed by atoms with van der Waals surface area (Å²) in [7, 11) is 1.73. The zero-order chi connectivity index (χ0) is 6.41. The average Bonchev–Trinajstić information content (AvgIpc) is 1.83. The topological polar surface area (TPSA) is 12.4 Å². The minimum atomic E-state index is 0.932. The number of rotatable bonds is 1. The molecule has 0 aliphatic heterocycles. The second kappa shape index (κ2) is 4.14. The maximum Gasteiger partial charge on any atom is 0.0397 e. The molecular weight excluding hydrogens is 98.1 g/mol. The molecule has 0 fully saturated rings. The molecule has 0 saturated heterocycles. The van der Waals surface area contributed by atoms with Gasteiger partial charge in [0.05, 0.1) is 0 Å². The summed E-state index contributed by atoms with van der Waals surface area (Å²) in [5.41, 5.74) is 6.11. The quantitative estimate of drug-likeness (QED) is 0.356. The Morgan fingerprint density at radius 2 is 2.38 bits per heavy atom. The van der Waals surface area contributed by atoms with Crippen molar-refractivity contribution < 1.29 is 0 Å². The van der Waals surface area contributed by atoms with E-state index in [1.54, 1.807) is 13.1 Å². The van der Waals surface area contributed by atoms with Gasteiger partial charge in [0.1, 0.15) is 0 Å². The Morgan fingerprint density at radius 1 is 1.75 bits per heavy atom. The molecule has 0 bridgehead atoms. The van der Waals surface area contributed by atoms with Gasteiger partial charge in [0.2, 0.25) is 0 Å². The third-order valence-corrected chi connectivity index (χ3v) is 0.736. The van der Waals surface area contributed by atoms with Crippen molar-refractivity contribution in [1.29, 1.82) is 0 Å². The van der Waals surface area contributed by atoms with Gasteiger partial charge in [0.15, 0.2) is 0 Å². The van der Waals surface area contributed by atoms with Crippen molar-refractivity contribution in [1.82, 2.24) is 0 Å². The highest BCUT2D eigenvalue weighted by atomic mass is 14.7. The van der Waals surface area contributed by atoms with E-state index in [9.17, 15) is 0 Å². The van der Waals surface area contributed by atoms with Crippen LogP contribution in [0, 0.1) is 0 Å². The fraction of sp³-hybridized carbons (Fsp3) is 0.286. The molecule has 0 aromatic heterocycles. The van der Waals surface area contributed by atoms with Crippen LogP contribution in [0.15, 0.2) is 29.1 Å². The molecule has 1 heteroatoms. The van der Waals surface area contributed by atoms with Crippen LogP contribution < -0.4 is 0 Å². The molecule has 0 atom stereocenters. The van der Waals surface area contributed by atoms with Crippen molar-refractivity contribution in [3.63, 3.8) is 0 Å². The summed E-state index contributed by atoms with van der Waals surface area (Å²) in [6.07, 6.45) is 1.73. The van der Waals surface area contributed by atoms with Crippen LogP contribution in [-0.2, 0) is 0 Å². The monoisotopic (exact) mass is 107 g/mol. The van der Waals surface area contributed by atoms with Crippen LogP contribution in [0.1, 0.15) is 6.92 Å². The Bertz CT molecular complexity index is 165. The molecule has 0 N–H and O–H groups in total. The summed E-state index contributed by atoms with van der Waals surface area (Å²) in [5.74, 6) is 0. The lowest BCUT2D eigenvalue weighted by atomic mass is 10.4. The summed E-state index contributed by atoms with van der Waals surface area (Å²) in [4.78, 5) is 3.86. The maximum absolute atomic E-state index is 3.86. The fourth-order valence-electron chi connectivity index (χ4n) is 0.220. The molecule has 0 aliphatic carbocycles. The molecule has 0 heterocycles. The van der Waals surface area contributed by atoms with Gasteiger partial charge >= 0.3 is 0 Å². The third kappa shape index (κ3) is 3.17. The van der Waals surface area contributed by atoms with Crippen LogP contribution in [0.4, 0.5) is 0 Å². The summed E-state index contributed by atoms with van der Waals surface area (Å²) in [5, 5.41) is 0. The SMILES string of the molecule is C=C=C=CC(C)=NC. The molecule has 0 aliphatic rings. The van der Waals surface area contributed by atoms with Crippen LogP contribution in [0.2, 0.25) is 0 Å². The second-order valence-electron chi connectivity index (χ2n) is 1.33. The maximum atomic E-state index is 3.86. The van der Waals surface area contributed by atoms with Gasteiger partial charge in [-0.15, -0.1) is 0 Å². The molecule has 0 saturated carbocycles. The van der Waals surface area contributed by atoms with Crippen LogP contribution >= 0.6 is 0 Å². The first kappa shape index (κ1) is 6.97. The fourth-order valence-corrected chi connectivity index (χ4v) is 0.220. The van der Waals surface area contributed by atoms with Gasteiger partial charge in [-0.25, -0.2) is 0 Å². The van der Waals surface area contributed by atoms with Crippen molar-refractivity contribution in [3.05, 3.63) is 24.1 Å². The predicted octanol–water partition coefficient (Wildman–Crippen LogP) is 1.57. The van der Waals surface area contributed by atoms with Crippen molar-refractivity contribution in [2.45, 2.75) is 6.92 Å². The lowest BCUT2D eigenvalue weighted by molar-refractivity contribution is 1.43. The zero-order valence-corrected chi connectivity index (χ0v) is 5.23. The van der Waals surface area contributed by atoms with E-state index in [1.165, 1.54) is 0 Å². The Kier molecular flexibility index (Phi) is 3.60. The third-order valence-electron chi connectivity index (χ3n) is 0.736. The largest absolute Gasteiger partial charge is 0.293 e. The van der Waals surface area contributed by atoms with Gasteiger partial charge in [-0.3, -0.25) is 4.99 Å². The van der Waals surface area contributed by atoms with E-state index in [0.29, 0.717) is 0 Å². The normalized spacial score (nSPS) is 9.50. The second-order valence-corrected chi connectivity index (χ2v) is 1.33. The van der Waals surface area contributed by atoms with E-state index in [2.05, 4.69) is 23.0 Å². The highest BCUT2D eigenvalue weighted by Gasteiger charge is 1.71. The van der Waals surface area contributed by atoms with E-state index in [-0.39, 0.29) is 0 Å². The molecule has 0 spiro atoms. The average molecular weight is 107 g/mol. The first-order valence-corrected chi connectivity index (χ1v) is 2.35. The van der Waals surface area contributed by atoms with Crippen LogP contribution in [0.3, 0.4) is 0 Å². The Morgan fingerprint density at radius 3 is 2.75 bits per heavy atom. The van der Waals surface area contributed by atoms with Crippen LogP contribution in [0.25, 0.3) is 0 Å². The van der Waals surface area contributed by atoms with Gasteiger partial charge in [0, 0.05) is 18.8 Å². The van der Waals surface area contributed by atoms with Gasteiger partial charge in [-0.2, -0.15) is 0 Å². The zero-order valence-electron chi connectivity index (χ0n) is 5.23. The minimum absolute atomic E-state index is 0.932. The highest BCUT2D eigenvalue weighted by molar-refractivity contribution is 5.92. The first-order chi connectivity index (χ1) is 3.81. The lowest BCUT2D eigenvalue weighted by Gasteiger charge is -1.77. The molecule has 0 radical (unpaired) electrons. The van der Waals surface area contributed by atoms with E-state index in [4.69, 9.17) is 0 Å². The smallest absolute Gasteiger partial charge is 0.0397 e. The lowest BCUT2D eigenvalue weighted by Crippen LogP contribution is -1.78. The number of hydrogen-bond donors (Lipinski definition) is 0. The standard InChI is InChI=1S/C7H9N/c1-4-5-6-7(2)8-3/h6H,1H2,2-3H3. The molecule has 1 nitrogen and oxygen atoms in total. The van der Waals surface area contributed by atoms with Gasteiger partial charge in [0.25, 0.3) is 0 Å². The van der Waals surface area contributed by atoms with Gasteiger partial charge in [-0.05, 0) is 13.5 Å². The van der Waals surface area contributed by atoms with Crippen molar-refractivity contribution in [2.24, 2.45) is 4.99 Å². The predicted molar refractivity (Wildman–Crippen MR) is 36.3 cm³/mol. The van der Waals surface area contributed by atoms with Gasteiger partial charge in [-0.1, -0.05) is 11.5 Å². The van der Waals surface area contributed by atoms with E-state index in [1.807, 2.05) is 6.92 Å². The van der Waals surface area contributed by atoms with Gasteiger partial charge < -0.3 is 0 Å². The summed E-state index contributed by atoms with van der Waals surface area (Å²) >= 11 is 0. The molecule has 0 amide bonds. The number of aliphatic imine (C=N–C) groups is 1. The van der Waals surface area contributed by atoms with E-state index < -0.39 is 0 Å². The summed E-state index contributed by atoms with van der Waals surface area (Å²) < 4.78 is 0. The molecule has 0 unspecified atom stereocenters. The van der Waals surface area contributed by atoms with E-state index >= 15 is 0 Å². The molecule has 8 heavy (non-hydrogen) atoms. The van der Waals surface area contributed by atoms with E-state index in [0.717, 1.165) is 5.71 Å². The Balaban J connectivity index is 4.11. The molecule has 0 aromatic rings. The van der Waals surface area contributed by atoms with Crippen molar-refractivity contribution in [3.8, 4) is 0 Å². The molecule has 0 aromatic carbocycles. The number of nitrogens with zero attached hydrogens (tertiary/aromatic N) is 1. The Hall–Kier alpha value is -1.03. The molecular formula is C7H9N.